The lowest BCUT2D eigenvalue weighted by atomic mass is 10.0. The minimum absolute atomic E-state index is 0.0330. The van der Waals surface area contributed by atoms with E-state index in [-0.39, 0.29) is 34.7 Å². The van der Waals surface area contributed by atoms with E-state index < -0.39 is 17.6 Å². The van der Waals surface area contributed by atoms with Gasteiger partial charge in [-0.05, 0) is 56.3 Å². The van der Waals surface area contributed by atoms with Crippen molar-refractivity contribution in [2.24, 2.45) is 0 Å². The first-order chi connectivity index (χ1) is 17.2. The Morgan fingerprint density at radius 1 is 1.08 bits per heavy atom. The summed E-state index contributed by atoms with van der Waals surface area (Å²) >= 11 is 0. The number of carbonyl (C=O) groups excluding carboxylic acids is 1. The van der Waals surface area contributed by atoms with Crippen LogP contribution in [0.4, 0.5) is 24.7 Å². The minimum Gasteiger partial charge on any atom is -0.372 e. The summed E-state index contributed by atoms with van der Waals surface area (Å²) in [7, 11) is 0. The highest BCUT2D eigenvalue weighted by molar-refractivity contribution is 6.11. The summed E-state index contributed by atoms with van der Waals surface area (Å²) in [5.41, 5.74) is 0.528. The SMILES string of the molecule is C[C@@H]1CN(c2ccc(-c3nc4c(C(=O)Nc5ccccn5)cccc4[nH]3)c(C(F)(F)F)c2)C[C@H](C)O1. The quantitative estimate of drug-likeness (QED) is 0.390. The van der Waals surface area contributed by atoms with E-state index in [0.717, 1.165) is 6.07 Å². The standard InChI is InChI=1S/C26H24F3N5O2/c1-15-13-34(14-16(2)36-15)17-9-10-18(20(12-17)26(27,28)29)24-31-21-7-5-6-19(23(21)33-24)25(35)32-22-8-3-4-11-30-22/h3-12,15-16H,13-14H2,1-2H3,(H,31,33)(H,30,32,35)/t15-,16+. The molecule has 10 heteroatoms. The van der Waals surface area contributed by atoms with Crippen LogP contribution < -0.4 is 10.2 Å². The van der Waals surface area contributed by atoms with Crippen LogP contribution in [-0.4, -0.2) is 46.2 Å². The van der Waals surface area contributed by atoms with E-state index in [2.05, 4.69) is 20.3 Å². The van der Waals surface area contributed by atoms with Gasteiger partial charge in [-0.1, -0.05) is 12.1 Å². The average Bonchev–Trinajstić information content (AvgIpc) is 3.27. The molecule has 4 aromatic rings. The van der Waals surface area contributed by atoms with Crippen LogP contribution in [0.3, 0.4) is 0 Å². The molecule has 2 aromatic heterocycles. The highest BCUT2D eigenvalue weighted by Crippen LogP contribution is 2.39. The maximum absolute atomic E-state index is 14.2. The lowest BCUT2D eigenvalue weighted by Gasteiger charge is -2.37. The van der Waals surface area contributed by atoms with Crippen molar-refractivity contribution in [2.45, 2.75) is 32.2 Å². The molecule has 0 aliphatic carbocycles. The molecule has 1 aliphatic heterocycles. The van der Waals surface area contributed by atoms with E-state index in [9.17, 15) is 18.0 Å². The first-order valence-electron chi connectivity index (χ1n) is 11.5. The van der Waals surface area contributed by atoms with Gasteiger partial charge in [0, 0.05) is 30.5 Å². The van der Waals surface area contributed by atoms with Crippen LogP contribution in [0.2, 0.25) is 0 Å². The van der Waals surface area contributed by atoms with Crippen molar-refractivity contribution in [2.75, 3.05) is 23.3 Å². The van der Waals surface area contributed by atoms with Crippen LogP contribution >= 0.6 is 0 Å². The number of halogens is 3. The smallest absolute Gasteiger partial charge is 0.372 e. The molecule has 3 heterocycles. The average molecular weight is 496 g/mol. The summed E-state index contributed by atoms with van der Waals surface area (Å²) in [4.78, 5) is 26.2. The van der Waals surface area contributed by atoms with Crippen LogP contribution in [-0.2, 0) is 10.9 Å². The number of nitrogens with zero attached hydrogens (tertiary/aromatic N) is 3. The second kappa shape index (κ2) is 9.27. The molecule has 7 nitrogen and oxygen atoms in total. The molecule has 0 bridgehead atoms. The Balaban J connectivity index is 1.53. The van der Waals surface area contributed by atoms with E-state index in [4.69, 9.17) is 4.74 Å². The highest BCUT2D eigenvalue weighted by atomic mass is 19.4. The normalized spacial score (nSPS) is 18.4. The molecular weight excluding hydrogens is 471 g/mol. The Bertz CT molecular complexity index is 1390. The zero-order valence-electron chi connectivity index (χ0n) is 19.6. The van der Waals surface area contributed by atoms with Gasteiger partial charge in [0.15, 0.2) is 0 Å². The van der Waals surface area contributed by atoms with Crippen molar-refractivity contribution in [1.29, 1.82) is 0 Å². The Kier molecular flexibility index (Phi) is 6.13. The zero-order chi connectivity index (χ0) is 25.4. The molecule has 1 aliphatic rings. The topological polar surface area (TPSA) is 83.1 Å². The van der Waals surface area contributed by atoms with Crippen LogP contribution in [0.25, 0.3) is 22.4 Å². The molecular formula is C26H24F3N5O2. The van der Waals surface area contributed by atoms with Crippen LogP contribution in [0, 0.1) is 0 Å². The molecule has 1 saturated heterocycles. The number of benzene rings is 2. The van der Waals surface area contributed by atoms with Crippen molar-refractivity contribution in [3.05, 3.63) is 71.9 Å². The molecule has 2 atom stereocenters. The fourth-order valence-corrected chi connectivity index (χ4v) is 4.52. The number of hydrogen-bond donors (Lipinski definition) is 2. The molecule has 0 spiro atoms. The summed E-state index contributed by atoms with van der Waals surface area (Å²) in [6, 6.07) is 14.2. The molecule has 1 fully saturated rings. The number of fused-ring (bicyclic) bond motifs is 1. The minimum atomic E-state index is -4.60. The number of pyridine rings is 1. The first-order valence-corrected chi connectivity index (χ1v) is 11.5. The number of aromatic amines is 1. The number of ether oxygens (including phenoxy) is 1. The van der Waals surface area contributed by atoms with Gasteiger partial charge in [0.25, 0.3) is 5.91 Å². The lowest BCUT2D eigenvalue weighted by Crippen LogP contribution is -2.45. The number of carbonyl (C=O) groups is 1. The molecule has 0 saturated carbocycles. The largest absolute Gasteiger partial charge is 0.417 e. The van der Waals surface area contributed by atoms with Crippen molar-refractivity contribution in [3.63, 3.8) is 0 Å². The number of imidazole rings is 1. The van der Waals surface area contributed by atoms with Crippen LogP contribution in [0.5, 0.6) is 0 Å². The monoisotopic (exact) mass is 495 g/mol. The number of H-pyrrole nitrogens is 1. The Morgan fingerprint density at radius 3 is 2.56 bits per heavy atom. The Morgan fingerprint density at radius 2 is 1.86 bits per heavy atom. The van der Waals surface area contributed by atoms with E-state index in [1.807, 2.05) is 18.7 Å². The number of rotatable bonds is 4. The number of para-hydroxylation sites is 1. The summed E-state index contributed by atoms with van der Waals surface area (Å²) in [6.45, 7) is 4.80. The molecule has 1 amide bonds. The number of nitrogens with one attached hydrogen (secondary N) is 2. The van der Waals surface area contributed by atoms with Gasteiger partial charge in [-0.2, -0.15) is 13.2 Å². The van der Waals surface area contributed by atoms with Crippen molar-refractivity contribution >= 4 is 28.4 Å². The maximum atomic E-state index is 14.2. The Labute approximate surface area is 205 Å². The third-order valence-electron chi connectivity index (χ3n) is 6.01. The second-order valence-electron chi connectivity index (χ2n) is 8.85. The number of aromatic nitrogens is 3. The Hall–Kier alpha value is -3.92. The van der Waals surface area contributed by atoms with E-state index in [1.54, 1.807) is 48.7 Å². The molecule has 2 N–H and O–H groups in total. The third kappa shape index (κ3) is 4.76. The molecule has 0 radical (unpaired) electrons. The van der Waals surface area contributed by atoms with Gasteiger partial charge in [0.1, 0.15) is 17.2 Å². The number of alkyl halides is 3. The predicted octanol–water partition coefficient (Wildman–Crippen LogP) is 5.51. The fourth-order valence-electron chi connectivity index (χ4n) is 4.52. The molecule has 2 aromatic carbocycles. The summed E-state index contributed by atoms with van der Waals surface area (Å²) in [5.74, 6) is -0.0677. The number of morpholine rings is 1. The van der Waals surface area contributed by atoms with Crippen molar-refractivity contribution < 1.29 is 22.7 Å². The van der Waals surface area contributed by atoms with Gasteiger partial charge < -0.3 is 19.9 Å². The molecule has 0 unspecified atom stereocenters. The molecule has 36 heavy (non-hydrogen) atoms. The number of hydrogen-bond acceptors (Lipinski definition) is 5. The third-order valence-corrected chi connectivity index (χ3v) is 6.01. The van der Waals surface area contributed by atoms with Crippen molar-refractivity contribution in [1.82, 2.24) is 15.0 Å². The zero-order valence-corrected chi connectivity index (χ0v) is 19.6. The highest BCUT2D eigenvalue weighted by Gasteiger charge is 2.36. The van der Waals surface area contributed by atoms with Gasteiger partial charge in [-0.15, -0.1) is 0 Å². The molecule has 5 rings (SSSR count). The predicted molar refractivity (Wildman–Crippen MR) is 131 cm³/mol. The fraction of sp³-hybridized carbons (Fsp3) is 0.269. The number of anilines is 2. The van der Waals surface area contributed by atoms with E-state index in [1.165, 1.54) is 6.07 Å². The summed E-state index contributed by atoms with van der Waals surface area (Å²) in [5, 5.41) is 2.69. The van der Waals surface area contributed by atoms with Gasteiger partial charge in [0.2, 0.25) is 0 Å². The van der Waals surface area contributed by atoms with Gasteiger partial charge >= 0.3 is 6.18 Å². The van der Waals surface area contributed by atoms with Crippen LogP contribution in [0.15, 0.2) is 60.8 Å². The van der Waals surface area contributed by atoms with Gasteiger partial charge in [-0.3, -0.25) is 4.79 Å². The van der Waals surface area contributed by atoms with E-state index in [0.29, 0.717) is 30.1 Å². The number of amides is 1. The van der Waals surface area contributed by atoms with Gasteiger partial charge in [0.05, 0.1) is 28.9 Å². The van der Waals surface area contributed by atoms with Gasteiger partial charge in [-0.25, -0.2) is 9.97 Å². The summed E-state index contributed by atoms with van der Waals surface area (Å²) in [6.07, 6.45) is -3.24. The second-order valence-corrected chi connectivity index (χ2v) is 8.85. The van der Waals surface area contributed by atoms with Crippen LogP contribution in [0.1, 0.15) is 29.8 Å². The van der Waals surface area contributed by atoms with Crippen molar-refractivity contribution in [3.8, 4) is 11.4 Å². The lowest BCUT2D eigenvalue weighted by molar-refractivity contribution is -0.137. The maximum Gasteiger partial charge on any atom is 0.417 e. The van der Waals surface area contributed by atoms with E-state index >= 15 is 0 Å². The first kappa shape index (κ1) is 23.8. The summed E-state index contributed by atoms with van der Waals surface area (Å²) < 4.78 is 48.3. The molecule has 186 valence electrons.